The first-order valence-electron chi connectivity index (χ1n) is 11.0. The number of imidazole rings is 1. The second-order valence-electron chi connectivity index (χ2n) is 8.19. The number of hydrogen-bond donors (Lipinski definition) is 3. The predicted molar refractivity (Wildman–Crippen MR) is 121 cm³/mol. The summed E-state index contributed by atoms with van der Waals surface area (Å²) in [4.78, 5) is 22.5. The minimum Gasteiger partial charge on any atom is -0.454 e. The summed E-state index contributed by atoms with van der Waals surface area (Å²) < 4.78 is 10.9. The molecule has 0 atom stereocenters. The highest BCUT2D eigenvalue weighted by atomic mass is 16.7. The SMILES string of the molecule is O=C(NC1CCN(Cc2ccc3c(c2)OCO3)CC1)c1ccccc1NCc1cnc[nH]1. The average Bonchev–Trinajstić information content (AvgIpc) is 3.51. The Kier molecular flexibility index (Phi) is 5.93. The summed E-state index contributed by atoms with van der Waals surface area (Å²) in [5.41, 5.74) is 3.67. The van der Waals surface area contributed by atoms with Crippen LogP contribution in [0, 0.1) is 0 Å². The van der Waals surface area contributed by atoms with E-state index >= 15 is 0 Å². The fourth-order valence-electron chi connectivity index (χ4n) is 4.20. The number of aromatic nitrogens is 2. The molecule has 3 heterocycles. The molecule has 1 saturated heterocycles. The van der Waals surface area contributed by atoms with Crippen molar-refractivity contribution in [3.63, 3.8) is 0 Å². The number of ether oxygens (including phenoxy) is 2. The quantitative estimate of drug-likeness (QED) is 0.530. The van der Waals surface area contributed by atoms with Crippen LogP contribution in [0.4, 0.5) is 5.69 Å². The number of benzene rings is 2. The highest BCUT2D eigenvalue weighted by Crippen LogP contribution is 2.33. The normalized spacial score (nSPS) is 16.1. The lowest BCUT2D eigenvalue weighted by atomic mass is 10.0. The maximum absolute atomic E-state index is 13.0. The third-order valence-electron chi connectivity index (χ3n) is 5.96. The number of carbonyl (C=O) groups excluding carboxylic acids is 1. The van der Waals surface area contributed by atoms with Gasteiger partial charge in [-0.05, 0) is 42.7 Å². The second kappa shape index (κ2) is 9.32. The molecule has 8 nitrogen and oxygen atoms in total. The number of hydrogen-bond acceptors (Lipinski definition) is 6. The third-order valence-corrected chi connectivity index (χ3v) is 5.96. The van der Waals surface area contributed by atoms with Crippen LogP contribution in [-0.4, -0.2) is 46.7 Å². The zero-order valence-corrected chi connectivity index (χ0v) is 17.8. The van der Waals surface area contributed by atoms with Gasteiger partial charge in [-0.2, -0.15) is 0 Å². The molecule has 3 aromatic rings. The smallest absolute Gasteiger partial charge is 0.253 e. The third kappa shape index (κ3) is 4.70. The van der Waals surface area contributed by atoms with Crippen LogP contribution in [0.2, 0.25) is 0 Å². The van der Waals surface area contributed by atoms with Crippen molar-refractivity contribution in [2.45, 2.75) is 32.0 Å². The van der Waals surface area contributed by atoms with Crippen LogP contribution in [-0.2, 0) is 13.1 Å². The number of rotatable bonds is 7. The number of nitrogens with one attached hydrogen (secondary N) is 3. The Morgan fingerprint density at radius 1 is 1.12 bits per heavy atom. The average molecular weight is 434 g/mol. The van der Waals surface area contributed by atoms with E-state index in [1.54, 1.807) is 12.5 Å². The van der Waals surface area contributed by atoms with Crippen LogP contribution < -0.4 is 20.1 Å². The lowest BCUT2D eigenvalue weighted by Crippen LogP contribution is -2.44. The molecule has 1 fully saturated rings. The summed E-state index contributed by atoms with van der Waals surface area (Å²) in [6, 6.07) is 13.9. The predicted octanol–water partition coefficient (Wildman–Crippen LogP) is 3.14. The minimum atomic E-state index is -0.0352. The minimum absolute atomic E-state index is 0.0352. The first-order chi connectivity index (χ1) is 15.7. The van der Waals surface area contributed by atoms with Crippen molar-refractivity contribution in [2.75, 3.05) is 25.2 Å². The van der Waals surface area contributed by atoms with Crippen LogP contribution in [0.3, 0.4) is 0 Å². The van der Waals surface area contributed by atoms with E-state index in [0.29, 0.717) is 18.9 Å². The van der Waals surface area contributed by atoms with E-state index < -0.39 is 0 Å². The van der Waals surface area contributed by atoms with Gasteiger partial charge in [0.2, 0.25) is 6.79 Å². The summed E-state index contributed by atoms with van der Waals surface area (Å²) in [7, 11) is 0. The number of carbonyl (C=O) groups is 1. The molecule has 0 bridgehead atoms. The molecule has 2 aliphatic rings. The molecule has 2 aliphatic heterocycles. The van der Waals surface area contributed by atoms with E-state index in [-0.39, 0.29) is 11.9 Å². The molecular weight excluding hydrogens is 406 g/mol. The molecule has 0 aliphatic carbocycles. The standard InChI is InChI=1S/C24H27N5O3/c30-24(20-3-1-2-4-21(20)26-13-19-12-25-15-27-19)28-18-7-9-29(10-8-18)14-17-5-6-22-23(11-17)32-16-31-22/h1-6,11-12,15,18,26H,7-10,13-14,16H2,(H,25,27)(H,28,30). The monoisotopic (exact) mass is 433 g/mol. The summed E-state index contributed by atoms with van der Waals surface area (Å²) in [6.45, 7) is 3.64. The van der Waals surface area contributed by atoms with E-state index in [9.17, 15) is 4.79 Å². The molecule has 1 aromatic heterocycles. The number of likely N-dealkylation sites (tertiary alicyclic amines) is 1. The largest absolute Gasteiger partial charge is 0.454 e. The molecule has 5 rings (SSSR count). The van der Waals surface area contributed by atoms with Crippen LogP contribution in [0.25, 0.3) is 0 Å². The van der Waals surface area contributed by atoms with Gasteiger partial charge in [0, 0.05) is 37.6 Å². The second-order valence-corrected chi connectivity index (χ2v) is 8.19. The van der Waals surface area contributed by atoms with E-state index in [2.05, 4.69) is 37.6 Å². The van der Waals surface area contributed by atoms with Gasteiger partial charge in [-0.15, -0.1) is 0 Å². The number of para-hydroxylation sites is 1. The molecule has 3 N–H and O–H groups in total. The van der Waals surface area contributed by atoms with Gasteiger partial charge in [0.05, 0.1) is 24.1 Å². The fourth-order valence-corrected chi connectivity index (χ4v) is 4.20. The first-order valence-corrected chi connectivity index (χ1v) is 11.0. The van der Waals surface area contributed by atoms with Crippen molar-refractivity contribution in [3.05, 3.63) is 71.8 Å². The number of aromatic amines is 1. The van der Waals surface area contributed by atoms with Gasteiger partial charge in [0.15, 0.2) is 11.5 Å². The number of amides is 1. The summed E-state index contributed by atoms with van der Waals surface area (Å²) in [5, 5.41) is 6.55. The zero-order valence-electron chi connectivity index (χ0n) is 17.8. The lowest BCUT2D eigenvalue weighted by molar-refractivity contribution is 0.0909. The van der Waals surface area contributed by atoms with Crippen molar-refractivity contribution in [1.82, 2.24) is 20.2 Å². The van der Waals surface area contributed by atoms with Gasteiger partial charge < -0.3 is 25.1 Å². The Morgan fingerprint density at radius 3 is 2.81 bits per heavy atom. The van der Waals surface area contributed by atoms with Crippen LogP contribution >= 0.6 is 0 Å². The Bertz CT molecular complexity index is 1060. The molecule has 0 spiro atoms. The van der Waals surface area contributed by atoms with Crippen LogP contribution in [0.5, 0.6) is 11.5 Å². The fraction of sp³-hybridized carbons (Fsp3) is 0.333. The Hall–Kier alpha value is -3.52. The van der Waals surface area contributed by atoms with Gasteiger partial charge >= 0.3 is 0 Å². The lowest BCUT2D eigenvalue weighted by Gasteiger charge is -2.32. The van der Waals surface area contributed by atoms with Crippen molar-refractivity contribution >= 4 is 11.6 Å². The Morgan fingerprint density at radius 2 is 1.97 bits per heavy atom. The topological polar surface area (TPSA) is 91.5 Å². The van der Waals surface area contributed by atoms with E-state index in [0.717, 1.165) is 55.4 Å². The van der Waals surface area contributed by atoms with E-state index in [1.165, 1.54) is 5.56 Å². The van der Waals surface area contributed by atoms with Crippen molar-refractivity contribution < 1.29 is 14.3 Å². The first kappa shape index (κ1) is 20.4. The Balaban J connectivity index is 1.13. The van der Waals surface area contributed by atoms with Crippen molar-refractivity contribution in [1.29, 1.82) is 0 Å². The molecule has 2 aromatic carbocycles. The zero-order chi connectivity index (χ0) is 21.8. The van der Waals surface area contributed by atoms with Gasteiger partial charge in [-0.1, -0.05) is 18.2 Å². The van der Waals surface area contributed by atoms with Crippen LogP contribution in [0.1, 0.15) is 34.5 Å². The Labute approximate surface area is 186 Å². The van der Waals surface area contributed by atoms with E-state index in [1.807, 2.05) is 30.3 Å². The molecule has 32 heavy (non-hydrogen) atoms. The van der Waals surface area contributed by atoms with E-state index in [4.69, 9.17) is 9.47 Å². The highest BCUT2D eigenvalue weighted by Gasteiger charge is 2.23. The van der Waals surface area contributed by atoms with Gasteiger partial charge in [0.1, 0.15) is 0 Å². The van der Waals surface area contributed by atoms with Crippen LogP contribution in [0.15, 0.2) is 55.0 Å². The maximum Gasteiger partial charge on any atom is 0.253 e. The molecule has 166 valence electrons. The summed E-state index contributed by atoms with van der Waals surface area (Å²) in [5.74, 6) is 1.60. The number of H-pyrrole nitrogens is 1. The molecule has 0 saturated carbocycles. The number of fused-ring (bicyclic) bond motifs is 1. The van der Waals surface area contributed by atoms with Gasteiger partial charge in [-0.3, -0.25) is 9.69 Å². The van der Waals surface area contributed by atoms with Gasteiger partial charge in [-0.25, -0.2) is 4.98 Å². The van der Waals surface area contributed by atoms with Crippen molar-refractivity contribution in [3.8, 4) is 11.5 Å². The number of piperidine rings is 1. The summed E-state index contributed by atoms with van der Waals surface area (Å²) >= 11 is 0. The highest BCUT2D eigenvalue weighted by molar-refractivity contribution is 5.99. The molecule has 1 amide bonds. The summed E-state index contributed by atoms with van der Waals surface area (Å²) in [6.07, 6.45) is 5.28. The molecular formula is C24H27N5O3. The number of anilines is 1. The van der Waals surface area contributed by atoms with Crippen molar-refractivity contribution in [2.24, 2.45) is 0 Å². The maximum atomic E-state index is 13.0. The molecule has 8 heteroatoms. The molecule has 0 radical (unpaired) electrons. The number of nitrogens with zero attached hydrogens (tertiary/aromatic N) is 2. The molecule has 0 unspecified atom stereocenters. The van der Waals surface area contributed by atoms with Gasteiger partial charge in [0.25, 0.3) is 5.91 Å².